The molecule has 30 heavy (non-hydrogen) atoms. The molecular weight excluding hydrogens is 424 g/mol. The monoisotopic (exact) mass is 442 g/mol. The lowest BCUT2D eigenvalue weighted by Gasteiger charge is -2.17. The molecule has 0 atom stereocenters. The van der Waals surface area contributed by atoms with Crippen LogP contribution in [0.15, 0.2) is 53.7 Å². The highest BCUT2D eigenvalue weighted by Gasteiger charge is 2.26. The minimum absolute atomic E-state index is 0.0963. The highest BCUT2D eigenvalue weighted by atomic mass is 35.5. The molecule has 154 valence electrons. The maximum absolute atomic E-state index is 12.6. The molecule has 1 aliphatic carbocycles. The van der Waals surface area contributed by atoms with Crippen LogP contribution in [-0.4, -0.2) is 31.2 Å². The summed E-state index contributed by atoms with van der Waals surface area (Å²) in [6, 6.07) is 13.6. The third kappa shape index (κ3) is 4.24. The summed E-state index contributed by atoms with van der Waals surface area (Å²) in [6.07, 6.45) is 4.34. The van der Waals surface area contributed by atoms with Crippen molar-refractivity contribution in [1.82, 2.24) is 14.8 Å². The van der Waals surface area contributed by atoms with Crippen LogP contribution in [0.1, 0.15) is 42.1 Å². The largest absolute Gasteiger partial charge is 0.299 e. The Morgan fingerprint density at radius 2 is 1.93 bits per heavy atom. The summed E-state index contributed by atoms with van der Waals surface area (Å²) in [6.45, 7) is 0. The molecule has 9 heteroatoms. The van der Waals surface area contributed by atoms with Gasteiger partial charge in [0.25, 0.3) is 5.69 Å². The van der Waals surface area contributed by atoms with E-state index in [0.717, 1.165) is 31.2 Å². The average Bonchev–Trinajstić information content (AvgIpc) is 3.42. The van der Waals surface area contributed by atoms with Crippen LogP contribution in [0.25, 0.3) is 11.4 Å². The zero-order valence-corrected chi connectivity index (χ0v) is 17.6. The van der Waals surface area contributed by atoms with Gasteiger partial charge in [0, 0.05) is 29.3 Å². The van der Waals surface area contributed by atoms with Gasteiger partial charge in [-0.15, -0.1) is 10.2 Å². The lowest BCUT2D eigenvalue weighted by Crippen LogP contribution is -2.10. The van der Waals surface area contributed by atoms with E-state index in [4.69, 9.17) is 11.6 Å². The normalized spacial score (nSPS) is 14.2. The Bertz CT molecular complexity index is 1100. The molecule has 1 saturated carbocycles. The first-order chi connectivity index (χ1) is 14.5. The van der Waals surface area contributed by atoms with E-state index in [-0.39, 0.29) is 23.3 Å². The molecule has 0 amide bonds. The highest BCUT2D eigenvalue weighted by Crippen LogP contribution is 2.38. The Morgan fingerprint density at radius 1 is 1.17 bits per heavy atom. The number of non-ortho nitro benzene ring substituents is 1. The van der Waals surface area contributed by atoms with Gasteiger partial charge < -0.3 is 0 Å². The Hall–Kier alpha value is -2.71. The molecular formula is C21H19ClN4O3S. The molecule has 0 saturated heterocycles. The van der Waals surface area contributed by atoms with Gasteiger partial charge in [0.05, 0.1) is 15.7 Å². The second kappa shape index (κ2) is 8.97. The van der Waals surface area contributed by atoms with Gasteiger partial charge in [-0.1, -0.05) is 60.5 Å². The fourth-order valence-electron chi connectivity index (χ4n) is 3.70. The molecule has 3 aromatic rings. The Labute approximate surface area is 182 Å². The molecule has 0 radical (unpaired) electrons. The summed E-state index contributed by atoms with van der Waals surface area (Å²) >= 11 is 7.70. The minimum atomic E-state index is -0.503. The zero-order valence-electron chi connectivity index (χ0n) is 16.0. The molecule has 1 fully saturated rings. The molecule has 4 rings (SSSR count). The number of aromatic nitrogens is 3. The number of nitro benzene ring substituents is 1. The number of Topliss-reactive ketones (excluding diaryl/α,β-unsaturated/α-hetero) is 1. The van der Waals surface area contributed by atoms with Gasteiger partial charge in [0.1, 0.15) is 0 Å². The first-order valence-corrected chi connectivity index (χ1v) is 11.0. The molecule has 1 aliphatic rings. The fraction of sp³-hybridized carbons (Fsp3) is 0.286. The Balaban J connectivity index is 1.60. The molecule has 0 N–H and O–H groups in total. The molecule has 0 spiro atoms. The lowest BCUT2D eigenvalue weighted by atomic mass is 10.1. The van der Waals surface area contributed by atoms with E-state index in [1.807, 2.05) is 24.3 Å². The SMILES string of the molecule is O=C(CSc1nnc(-c2ccccc2Cl)n1C1CCCC1)c1cccc([N+](=O)[O-])c1. The van der Waals surface area contributed by atoms with Gasteiger partial charge >= 0.3 is 0 Å². The number of nitro groups is 1. The second-order valence-electron chi connectivity index (χ2n) is 7.11. The molecule has 7 nitrogen and oxygen atoms in total. The van der Waals surface area contributed by atoms with Crippen molar-refractivity contribution in [3.63, 3.8) is 0 Å². The van der Waals surface area contributed by atoms with E-state index in [9.17, 15) is 14.9 Å². The first-order valence-electron chi connectivity index (χ1n) is 9.65. The van der Waals surface area contributed by atoms with Gasteiger partial charge in [0.2, 0.25) is 0 Å². The number of halogens is 1. The predicted octanol–water partition coefficient (Wildman–Crippen LogP) is 5.60. The van der Waals surface area contributed by atoms with Crippen molar-refractivity contribution in [2.24, 2.45) is 0 Å². The van der Waals surface area contributed by atoms with Gasteiger partial charge in [-0.2, -0.15) is 0 Å². The van der Waals surface area contributed by atoms with Crippen LogP contribution in [0.5, 0.6) is 0 Å². The van der Waals surface area contributed by atoms with Crippen LogP contribution in [-0.2, 0) is 0 Å². The topological polar surface area (TPSA) is 90.9 Å². The van der Waals surface area contributed by atoms with Crippen molar-refractivity contribution in [2.45, 2.75) is 36.9 Å². The van der Waals surface area contributed by atoms with E-state index >= 15 is 0 Å². The molecule has 2 aromatic carbocycles. The van der Waals surface area contributed by atoms with Crippen molar-refractivity contribution in [2.75, 3.05) is 5.75 Å². The number of rotatable bonds is 7. The minimum Gasteiger partial charge on any atom is -0.299 e. The summed E-state index contributed by atoms with van der Waals surface area (Å²) < 4.78 is 2.10. The second-order valence-corrected chi connectivity index (χ2v) is 8.46. The van der Waals surface area contributed by atoms with Crippen LogP contribution < -0.4 is 0 Å². The van der Waals surface area contributed by atoms with Gasteiger partial charge in [0.15, 0.2) is 16.8 Å². The van der Waals surface area contributed by atoms with Gasteiger partial charge in [-0.25, -0.2) is 0 Å². The van der Waals surface area contributed by atoms with E-state index < -0.39 is 4.92 Å². The van der Waals surface area contributed by atoms with Crippen molar-refractivity contribution in [3.8, 4) is 11.4 Å². The van der Waals surface area contributed by atoms with Crippen molar-refractivity contribution >= 4 is 34.8 Å². The number of thioether (sulfide) groups is 1. The number of hydrogen-bond acceptors (Lipinski definition) is 6. The summed E-state index contributed by atoms with van der Waals surface area (Å²) in [4.78, 5) is 23.1. The van der Waals surface area contributed by atoms with Crippen molar-refractivity contribution in [3.05, 3.63) is 69.2 Å². The number of hydrogen-bond donors (Lipinski definition) is 0. The van der Waals surface area contributed by atoms with Gasteiger partial charge in [-0.3, -0.25) is 19.5 Å². The molecule has 0 bridgehead atoms. The number of carbonyl (C=O) groups excluding carboxylic acids is 1. The smallest absolute Gasteiger partial charge is 0.270 e. The standard InChI is InChI=1S/C21H19ClN4O3S/c22-18-11-4-3-10-17(18)20-23-24-21(25(20)15-7-1-2-8-15)30-13-19(27)14-6-5-9-16(12-14)26(28)29/h3-6,9-12,15H,1-2,7-8,13H2. The summed E-state index contributed by atoms with van der Waals surface area (Å²) in [5, 5.41) is 21.0. The van der Waals surface area contributed by atoms with Crippen LogP contribution in [0, 0.1) is 10.1 Å². The number of benzene rings is 2. The number of carbonyl (C=O) groups is 1. The van der Waals surface area contributed by atoms with Crippen molar-refractivity contribution in [1.29, 1.82) is 0 Å². The zero-order chi connectivity index (χ0) is 21.1. The predicted molar refractivity (Wildman–Crippen MR) is 116 cm³/mol. The van der Waals surface area contributed by atoms with Gasteiger partial charge in [-0.05, 0) is 25.0 Å². The maximum atomic E-state index is 12.6. The Kier molecular flexibility index (Phi) is 6.15. The van der Waals surface area contributed by atoms with Crippen LogP contribution in [0.4, 0.5) is 5.69 Å². The van der Waals surface area contributed by atoms with E-state index in [2.05, 4.69) is 14.8 Å². The average molecular weight is 443 g/mol. The van der Waals surface area contributed by atoms with E-state index in [0.29, 0.717) is 21.6 Å². The quantitative estimate of drug-likeness (QED) is 0.205. The van der Waals surface area contributed by atoms with Crippen molar-refractivity contribution < 1.29 is 9.72 Å². The molecule has 0 aliphatic heterocycles. The third-order valence-corrected chi connectivity index (χ3v) is 6.45. The van der Waals surface area contributed by atoms with E-state index in [1.165, 1.54) is 30.0 Å². The molecule has 1 heterocycles. The molecule has 0 unspecified atom stereocenters. The van der Waals surface area contributed by atoms with Crippen LogP contribution >= 0.6 is 23.4 Å². The lowest BCUT2D eigenvalue weighted by molar-refractivity contribution is -0.384. The van der Waals surface area contributed by atoms with Crippen LogP contribution in [0.2, 0.25) is 5.02 Å². The van der Waals surface area contributed by atoms with Crippen LogP contribution in [0.3, 0.4) is 0 Å². The summed E-state index contributed by atoms with van der Waals surface area (Å²) in [7, 11) is 0. The maximum Gasteiger partial charge on any atom is 0.270 e. The fourth-order valence-corrected chi connectivity index (χ4v) is 4.82. The third-order valence-electron chi connectivity index (χ3n) is 5.18. The highest BCUT2D eigenvalue weighted by molar-refractivity contribution is 7.99. The molecule has 1 aromatic heterocycles. The first kappa shape index (κ1) is 20.6. The Morgan fingerprint density at radius 3 is 2.67 bits per heavy atom. The number of nitrogens with zero attached hydrogens (tertiary/aromatic N) is 4. The summed E-state index contributed by atoms with van der Waals surface area (Å²) in [5.41, 5.74) is 1.03. The van der Waals surface area contributed by atoms with E-state index in [1.54, 1.807) is 6.07 Å². The number of ketones is 1. The summed E-state index contributed by atoms with van der Waals surface area (Å²) in [5.74, 6) is 0.635.